The SMILES string of the molecule is Cc1ccc(NC(=O)c2c(Br)cnn2C)c([N+](=O)[O-])c1. The average molecular weight is 339 g/mol. The quantitative estimate of drug-likeness (QED) is 0.688. The number of hydrogen-bond acceptors (Lipinski definition) is 4. The van der Waals surface area contributed by atoms with Gasteiger partial charge in [0.25, 0.3) is 11.6 Å². The molecule has 8 heteroatoms. The molecule has 20 heavy (non-hydrogen) atoms. The zero-order chi connectivity index (χ0) is 14.9. The minimum Gasteiger partial charge on any atom is -0.315 e. The highest BCUT2D eigenvalue weighted by molar-refractivity contribution is 9.10. The van der Waals surface area contributed by atoms with E-state index in [1.54, 1.807) is 20.0 Å². The van der Waals surface area contributed by atoms with E-state index < -0.39 is 10.8 Å². The number of aryl methyl sites for hydroxylation is 2. The highest BCUT2D eigenvalue weighted by atomic mass is 79.9. The van der Waals surface area contributed by atoms with Crippen LogP contribution in [0.2, 0.25) is 0 Å². The Kier molecular flexibility index (Phi) is 3.84. The first-order valence-electron chi connectivity index (χ1n) is 5.64. The molecule has 0 atom stereocenters. The summed E-state index contributed by atoms with van der Waals surface area (Å²) in [7, 11) is 1.61. The van der Waals surface area contributed by atoms with E-state index in [0.717, 1.165) is 5.56 Å². The summed E-state index contributed by atoms with van der Waals surface area (Å²) in [5.41, 5.74) is 1.05. The molecule has 2 rings (SSSR count). The molecule has 104 valence electrons. The number of aromatic nitrogens is 2. The van der Waals surface area contributed by atoms with Gasteiger partial charge in [-0.25, -0.2) is 0 Å². The van der Waals surface area contributed by atoms with Crippen LogP contribution in [0.15, 0.2) is 28.9 Å². The Balaban J connectivity index is 2.36. The van der Waals surface area contributed by atoms with Crippen LogP contribution in [0.25, 0.3) is 0 Å². The fourth-order valence-electron chi connectivity index (χ4n) is 1.75. The number of amides is 1. The first kappa shape index (κ1) is 14.2. The molecule has 7 nitrogen and oxygen atoms in total. The van der Waals surface area contributed by atoms with E-state index in [0.29, 0.717) is 10.2 Å². The maximum Gasteiger partial charge on any atom is 0.293 e. The molecule has 0 saturated heterocycles. The molecule has 1 N–H and O–H groups in total. The van der Waals surface area contributed by atoms with Crippen molar-refractivity contribution in [3.05, 3.63) is 50.2 Å². The Morgan fingerprint density at radius 2 is 2.20 bits per heavy atom. The summed E-state index contributed by atoms with van der Waals surface area (Å²) in [6.45, 7) is 1.75. The standard InChI is InChI=1S/C12H11BrN4O3/c1-7-3-4-9(10(5-7)17(19)20)15-12(18)11-8(13)6-14-16(11)2/h3-6H,1-2H3,(H,15,18). The van der Waals surface area contributed by atoms with Crippen molar-refractivity contribution in [1.29, 1.82) is 0 Å². The van der Waals surface area contributed by atoms with E-state index in [1.807, 2.05) is 0 Å². The molecule has 0 bridgehead atoms. The minimum absolute atomic E-state index is 0.142. The smallest absolute Gasteiger partial charge is 0.293 e. The predicted molar refractivity (Wildman–Crippen MR) is 76.7 cm³/mol. The lowest BCUT2D eigenvalue weighted by atomic mass is 10.2. The van der Waals surface area contributed by atoms with E-state index in [2.05, 4.69) is 26.3 Å². The number of benzene rings is 1. The molecule has 0 aliphatic rings. The Morgan fingerprint density at radius 3 is 2.75 bits per heavy atom. The molecule has 0 unspecified atom stereocenters. The van der Waals surface area contributed by atoms with Crippen LogP contribution in [0, 0.1) is 17.0 Å². The molecular weight excluding hydrogens is 328 g/mol. The van der Waals surface area contributed by atoms with Gasteiger partial charge in [0.2, 0.25) is 0 Å². The highest BCUT2D eigenvalue weighted by Crippen LogP contribution is 2.26. The van der Waals surface area contributed by atoms with Crippen LogP contribution in [0.5, 0.6) is 0 Å². The lowest BCUT2D eigenvalue weighted by Crippen LogP contribution is -2.17. The van der Waals surface area contributed by atoms with Crippen LogP contribution in [-0.4, -0.2) is 20.6 Å². The topological polar surface area (TPSA) is 90.1 Å². The van der Waals surface area contributed by atoms with Crippen LogP contribution in [0.3, 0.4) is 0 Å². The molecule has 0 spiro atoms. The highest BCUT2D eigenvalue weighted by Gasteiger charge is 2.20. The third kappa shape index (κ3) is 2.69. The van der Waals surface area contributed by atoms with E-state index >= 15 is 0 Å². The number of hydrogen-bond donors (Lipinski definition) is 1. The van der Waals surface area contributed by atoms with Crippen molar-refractivity contribution in [2.75, 3.05) is 5.32 Å². The summed E-state index contributed by atoms with van der Waals surface area (Å²) in [6, 6.07) is 4.62. The van der Waals surface area contributed by atoms with Crippen LogP contribution in [-0.2, 0) is 7.05 Å². The van der Waals surface area contributed by atoms with Gasteiger partial charge in [-0.2, -0.15) is 5.10 Å². The van der Waals surface area contributed by atoms with Crippen LogP contribution >= 0.6 is 15.9 Å². The van der Waals surface area contributed by atoms with Crippen molar-refractivity contribution in [3.63, 3.8) is 0 Å². The summed E-state index contributed by atoms with van der Waals surface area (Å²) in [6.07, 6.45) is 1.48. The Bertz CT molecular complexity index is 677. The van der Waals surface area contributed by atoms with Crippen LogP contribution < -0.4 is 5.32 Å². The molecule has 2 aromatic rings. The molecule has 1 aromatic carbocycles. The van der Waals surface area contributed by atoms with Crippen molar-refractivity contribution in [2.45, 2.75) is 6.92 Å². The van der Waals surface area contributed by atoms with Gasteiger partial charge in [-0.15, -0.1) is 0 Å². The fraction of sp³-hybridized carbons (Fsp3) is 0.167. The monoisotopic (exact) mass is 338 g/mol. The number of carbonyl (C=O) groups is 1. The Hall–Kier alpha value is -2.22. The summed E-state index contributed by atoms with van der Waals surface area (Å²) in [5.74, 6) is -0.469. The molecule has 0 aliphatic carbocycles. The van der Waals surface area contributed by atoms with E-state index in [9.17, 15) is 14.9 Å². The summed E-state index contributed by atoms with van der Waals surface area (Å²) in [5, 5.41) is 17.5. The first-order chi connectivity index (χ1) is 9.40. The summed E-state index contributed by atoms with van der Waals surface area (Å²) in [4.78, 5) is 22.6. The van der Waals surface area contributed by atoms with Gasteiger partial charge in [0.15, 0.2) is 0 Å². The van der Waals surface area contributed by atoms with Gasteiger partial charge in [0.05, 0.1) is 15.6 Å². The molecule has 0 radical (unpaired) electrons. The molecule has 1 amide bonds. The fourth-order valence-corrected chi connectivity index (χ4v) is 2.27. The van der Waals surface area contributed by atoms with E-state index in [4.69, 9.17) is 0 Å². The lowest BCUT2D eigenvalue weighted by Gasteiger charge is -2.07. The Labute approximate surface area is 122 Å². The number of anilines is 1. The average Bonchev–Trinajstić information content (AvgIpc) is 2.71. The lowest BCUT2D eigenvalue weighted by molar-refractivity contribution is -0.384. The molecular formula is C12H11BrN4O3. The number of nitrogens with one attached hydrogen (secondary N) is 1. The number of halogens is 1. The van der Waals surface area contributed by atoms with Crippen molar-refractivity contribution in [2.24, 2.45) is 7.05 Å². The van der Waals surface area contributed by atoms with Gasteiger partial charge in [-0.1, -0.05) is 6.07 Å². The van der Waals surface area contributed by atoms with E-state index in [-0.39, 0.29) is 11.4 Å². The third-order valence-electron chi connectivity index (χ3n) is 2.71. The third-order valence-corrected chi connectivity index (χ3v) is 3.29. The molecule has 0 saturated carbocycles. The number of carbonyl (C=O) groups excluding carboxylic acids is 1. The second-order valence-electron chi connectivity index (χ2n) is 4.20. The molecule has 0 aliphatic heterocycles. The van der Waals surface area contributed by atoms with E-state index in [1.165, 1.54) is 23.0 Å². The van der Waals surface area contributed by atoms with Gasteiger partial charge in [-0.05, 0) is 34.5 Å². The molecule has 1 aromatic heterocycles. The largest absolute Gasteiger partial charge is 0.315 e. The number of rotatable bonds is 3. The first-order valence-corrected chi connectivity index (χ1v) is 6.43. The van der Waals surface area contributed by atoms with Gasteiger partial charge < -0.3 is 5.32 Å². The Morgan fingerprint density at radius 1 is 1.50 bits per heavy atom. The second-order valence-corrected chi connectivity index (χ2v) is 5.05. The minimum atomic E-state index is -0.527. The zero-order valence-corrected chi connectivity index (χ0v) is 12.3. The number of nitro benzene ring substituents is 1. The maximum absolute atomic E-state index is 12.2. The maximum atomic E-state index is 12.2. The second kappa shape index (κ2) is 5.41. The zero-order valence-electron chi connectivity index (χ0n) is 10.8. The van der Waals surface area contributed by atoms with Gasteiger partial charge >= 0.3 is 0 Å². The summed E-state index contributed by atoms with van der Waals surface area (Å²) < 4.78 is 1.91. The van der Waals surface area contributed by atoms with Crippen LogP contribution in [0.4, 0.5) is 11.4 Å². The summed E-state index contributed by atoms with van der Waals surface area (Å²) >= 11 is 3.21. The van der Waals surface area contributed by atoms with Crippen molar-refractivity contribution in [1.82, 2.24) is 9.78 Å². The van der Waals surface area contributed by atoms with Crippen molar-refractivity contribution in [3.8, 4) is 0 Å². The molecule has 1 heterocycles. The molecule has 0 fully saturated rings. The normalized spacial score (nSPS) is 10.3. The van der Waals surface area contributed by atoms with Crippen LogP contribution in [0.1, 0.15) is 16.1 Å². The van der Waals surface area contributed by atoms with Gasteiger partial charge in [-0.3, -0.25) is 19.6 Å². The number of nitrogens with zero attached hydrogens (tertiary/aromatic N) is 3. The van der Waals surface area contributed by atoms with Crippen molar-refractivity contribution < 1.29 is 9.72 Å². The van der Waals surface area contributed by atoms with Gasteiger partial charge in [0.1, 0.15) is 11.4 Å². The predicted octanol–water partition coefficient (Wildman–Crippen LogP) is 2.65. The van der Waals surface area contributed by atoms with Gasteiger partial charge in [0, 0.05) is 13.1 Å². The number of nitro groups is 1. The van der Waals surface area contributed by atoms with Crippen molar-refractivity contribution >= 4 is 33.2 Å².